The van der Waals surface area contributed by atoms with Crippen molar-refractivity contribution in [2.45, 2.75) is 96.0 Å². The van der Waals surface area contributed by atoms with Crippen molar-refractivity contribution in [2.75, 3.05) is 34.9 Å². The van der Waals surface area contributed by atoms with Gasteiger partial charge in [-0.25, -0.2) is 19.6 Å². The third-order valence-electron chi connectivity index (χ3n) is 13.0. The number of carbonyl (C=O) groups excluding carboxylic acids is 3. The summed E-state index contributed by atoms with van der Waals surface area (Å²) >= 11 is 0. The number of imidazole rings is 2. The Kier molecular flexibility index (Phi) is 11.6. The number of ether oxygens (including phenoxy) is 4. The first-order chi connectivity index (χ1) is 29.7. The molecule has 4 amide bonds. The summed E-state index contributed by atoms with van der Waals surface area (Å²) in [4.78, 5) is 73.4. The molecule has 17 heteroatoms. The lowest BCUT2D eigenvalue weighted by Crippen LogP contribution is -2.55. The second kappa shape index (κ2) is 16.9. The van der Waals surface area contributed by atoms with E-state index in [0.717, 1.165) is 66.8 Å². The van der Waals surface area contributed by atoms with E-state index in [1.807, 2.05) is 25.1 Å². The van der Waals surface area contributed by atoms with E-state index in [4.69, 9.17) is 28.9 Å². The predicted molar refractivity (Wildman–Crippen MR) is 229 cm³/mol. The van der Waals surface area contributed by atoms with Gasteiger partial charge in [0.05, 0.1) is 54.3 Å². The van der Waals surface area contributed by atoms with Gasteiger partial charge in [-0.3, -0.25) is 14.5 Å². The Morgan fingerprint density at radius 2 is 1.71 bits per heavy atom. The van der Waals surface area contributed by atoms with E-state index >= 15 is 0 Å². The Hall–Kier alpha value is -6.20. The van der Waals surface area contributed by atoms with Gasteiger partial charge in [0, 0.05) is 44.8 Å². The molecule has 8 atom stereocenters. The van der Waals surface area contributed by atoms with Gasteiger partial charge in [0.15, 0.2) is 0 Å². The molecule has 2 unspecified atom stereocenters. The summed E-state index contributed by atoms with van der Waals surface area (Å²) in [5.74, 6) is 1.65. The standard InChI is InChI=1S/C45H54N8O9/c1-22-15-35(52(20-22)43(55)39(25(4)60-7)51(5)45(57)58)41-47-32-13-11-26-17-31-29-12-10-27(16-28(29)21-62-36(31)18-30(26)38(32)49-41)33-19-46-40(48-33)34-14-9-23(2)53(34)42(54)37(24(3)59-6)50-44(56)61-8/h10-13,16-19,22-25,34-35,37,39H,9,14-15,20-21H2,1-8H3,(H,46,48)(H,47,49)(H,50,56)(H,57,58)/t22?,23-,24?,25+,34-,35-,37-,39-/m0/s1. The van der Waals surface area contributed by atoms with Crippen LogP contribution in [0.2, 0.25) is 0 Å². The minimum atomic E-state index is -1.20. The molecule has 8 rings (SSSR count). The fourth-order valence-corrected chi connectivity index (χ4v) is 9.42. The van der Waals surface area contributed by atoms with Crippen molar-refractivity contribution in [3.63, 3.8) is 0 Å². The molecule has 62 heavy (non-hydrogen) atoms. The number of carboxylic acid groups (broad SMARTS) is 1. The molecule has 0 saturated carbocycles. The third-order valence-corrected chi connectivity index (χ3v) is 13.0. The van der Waals surface area contributed by atoms with Crippen molar-refractivity contribution in [2.24, 2.45) is 5.92 Å². The lowest BCUT2D eigenvalue weighted by molar-refractivity contribution is -0.141. The summed E-state index contributed by atoms with van der Waals surface area (Å²) in [6.07, 6.45) is 0.798. The molecule has 2 saturated heterocycles. The second-order valence-electron chi connectivity index (χ2n) is 16.9. The molecule has 328 valence electrons. The molecule has 5 heterocycles. The Bertz CT molecular complexity index is 2540. The fourth-order valence-electron chi connectivity index (χ4n) is 9.42. The third kappa shape index (κ3) is 7.57. The topological polar surface area (TPSA) is 205 Å². The summed E-state index contributed by atoms with van der Waals surface area (Å²) in [7, 11) is 5.62. The monoisotopic (exact) mass is 850 g/mol. The number of nitrogens with one attached hydrogen (secondary N) is 3. The van der Waals surface area contributed by atoms with E-state index in [-0.39, 0.29) is 35.9 Å². The van der Waals surface area contributed by atoms with Crippen molar-refractivity contribution in [3.8, 4) is 28.1 Å². The zero-order valence-corrected chi connectivity index (χ0v) is 36.2. The SMILES string of the molecule is COC(=O)N[C@H](C(=O)N1[C@@H](C)CC[C@H]1c1ncc(-c2ccc3c(c2)COc2cc4c(ccc5nc([C@@H]6CC(C)CN6C(=O)[C@H]([C@@H](C)OC)N(C)C(=O)O)[nH]c54)cc2-3)[nH]1)C(C)OC. The average molecular weight is 851 g/mol. The number of fused-ring (bicyclic) bond motifs is 6. The van der Waals surface area contributed by atoms with Crippen LogP contribution < -0.4 is 10.1 Å². The van der Waals surface area contributed by atoms with Crippen molar-refractivity contribution >= 4 is 45.8 Å². The summed E-state index contributed by atoms with van der Waals surface area (Å²) in [6, 6.07) is 11.7. The lowest BCUT2D eigenvalue weighted by Gasteiger charge is -2.34. The quantitative estimate of drug-likeness (QED) is 0.115. The molecular weight excluding hydrogens is 797 g/mol. The number of likely N-dealkylation sites (tertiary alicyclic amines) is 2. The maximum absolute atomic E-state index is 14.0. The molecule has 5 aromatic rings. The molecule has 0 spiro atoms. The molecule has 4 N–H and O–H groups in total. The second-order valence-corrected chi connectivity index (χ2v) is 16.9. The van der Waals surface area contributed by atoms with E-state index in [1.165, 1.54) is 28.4 Å². The van der Waals surface area contributed by atoms with Crippen LogP contribution in [0.1, 0.15) is 76.3 Å². The van der Waals surface area contributed by atoms with Crippen LogP contribution in [0.3, 0.4) is 0 Å². The number of H-pyrrole nitrogens is 2. The molecule has 2 aromatic heterocycles. The van der Waals surface area contributed by atoms with Crippen LogP contribution in [0.4, 0.5) is 9.59 Å². The van der Waals surface area contributed by atoms with Crippen molar-refractivity contribution in [1.29, 1.82) is 0 Å². The van der Waals surface area contributed by atoms with Crippen molar-refractivity contribution in [1.82, 2.24) is 40.0 Å². The van der Waals surface area contributed by atoms with Gasteiger partial charge in [-0.15, -0.1) is 0 Å². The Balaban J connectivity index is 1.05. The number of amides is 4. The summed E-state index contributed by atoms with van der Waals surface area (Å²) in [5.41, 5.74) is 6.35. The maximum atomic E-state index is 14.0. The number of hydrogen-bond acceptors (Lipinski definition) is 10. The summed E-state index contributed by atoms with van der Waals surface area (Å²) in [6.45, 7) is 8.33. The first kappa shape index (κ1) is 42.5. The van der Waals surface area contributed by atoms with Gasteiger partial charge in [0.2, 0.25) is 11.8 Å². The van der Waals surface area contributed by atoms with Crippen LogP contribution in [0, 0.1) is 5.92 Å². The zero-order chi connectivity index (χ0) is 44.1. The molecule has 3 aliphatic heterocycles. The highest BCUT2D eigenvalue weighted by Crippen LogP contribution is 2.44. The molecule has 0 aliphatic carbocycles. The minimum absolute atomic E-state index is 0.0783. The molecular formula is C45H54N8O9. The zero-order valence-electron chi connectivity index (χ0n) is 36.2. The van der Waals surface area contributed by atoms with Crippen LogP contribution in [-0.4, -0.2) is 129 Å². The van der Waals surface area contributed by atoms with E-state index in [2.05, 4.69) is 46.5 Å². The number of carbonyl (C=O) groups is 4. The number of methoxy groups -OCH3 is 3. The summed E-state index contributed by atoms with van der Waals surface area (Å²) < 4.78 is 22.1. The van der Waals surface area contributed by atoms with Crippen LogP contribution in [0.15, 0.2) is 48.7 Å². The van der Waals surface area contributed by atoms with Crippen molar-refractivity contribution in [3.05, 3.63) is 65.9 Å². The molecule has 0 radical (unpaired) electrons. The van der Waals surface area contributed by atoms with Gasteiger partial charge >= 0.3 is 12.2 Å². The molecule has 3 aromatic carbocycles. The van der Waals surface area contributed by atoms with E-state index in [0.29, 0.717) is 37.6 Å². The molecule has 2 fully saturated rings. The Morgan fingerprint density at radius 3 is 2.44 bits per heavy atom. The van der Waals surface area contributed by atoms with Gasteiger partial charge in [0.1, 0.15) is 36.1 Å². The molecule has 3 aliphatic rings. The Labute approximate surface area is 359 Å². The average Bonchev–Trinajstić information content (AvgIpc) is 4.09. The fraction of sp³-hybridized carbons (Fsp3) is 0.467. The Morgan fingerprint density at radius 1 is 0.935 bits per heavy atom. The number of aromatic amines is 2. The normalized spacial score (nSPS) is 21.5. The number of rotatable bonds is 11. The number of benzene rings is 3. The van der Waals surface area contributed by atoms with Gasteiger partial charge in [-0.2, -0.15) is 0 Å². The van der Waals surface area contributed by atoms with Crippen molar-refractivity contribution < 1.29 is 43.2 Å². The smallest absolute Gasteiger partial charge is 0.407 e. The highest BCUT2D eigenvalue weighted by Gasteiger charge is 2.44. The van der Waals surface area contributed by atoms with Gasteiger partial charge in [-0.05, 0) is 92.3 Å². The molecule has 0 bridgehead atoms. The number of likely N-dealkylation sites (N-methyl/N-ethyl adjacent to an activating group) is 1. The number of alkyl carbamates (subject to hydrolysis) is 1. The summed E-state index contributed by atoms with van der Waals surface area (Å²) in [5, 5.41) is 14.3. The van der Waals surface area contributed by atoms with E-state index < -0.39 is 36.5 Å². The van der Waals surface area contributed by atoms with E-state index in [1.54, 1.807) is 29.8 Å². The number of hydrogen-bond donors (Lipinski definition) is 4. The number of aromatic nitrogens is 4. The maximum Gasteiger partial charge on any atom is 0.407 e. The number of nitrogens with zero attached hydrogens (tertiary/aromatic N) is 5. The first-order valence-corrected chi connectivity index (χ1v) is 21.0. The first-order valence-electron chi connectivity index (χ1n) is 21.0. The highest BCUT2D eigenvalue weighted by molar-refractivity contribution is 6.07. The van der Waals surface area contributed by atoms with Gasteiger partial charge in [0.25, 0.3) is 0 Å². The highest BCUT2D eigenvalue weighted by atomic mass is 16.5. The van der Waals surface area contributed by atoms with Crippen LogP contribution >= 0.6 is 0 Å². The van der Waals surface area contributed by atoms with Gasteiger partial charge < -0.3 is 49.1 Å². The van der Waals surface area contributed by atoms with E-state index in [9.17, 15) is 24.3 Å². The van der Waals surface area contributed by atoms with Crippen LogP contribution in [0.5, 0.6) is 5.75 Å². The van der Waals surface area contributed by atoms with Crippen LogP contribution in [0.25, 0.3) is 44.2 Å². The van der Waals surface area contributed by atoms with Gasteiger partial charge in [-0.1, -0.05) is 25.1 Å². The molecule has 17 nitrogen and oxygen atoms in total. The lowest BCUT2D eigenvalue weighted by atomic mass is 9.92. The van der Waals surface area contributed by atoms with Crippen LogP contribution in [-0.2, 0) is 30.4 Å². The predicted octanol–water partition coefficient (Wildman–Crippen LogP) is 6.40. The minimum Gasteiger partial charge on any atom is -0.488 e. The largest absolute Gasteiger partial charge is 0.488 e.